The Kier molecular flexibility index (Phi) is 4.57. The number of hydrogen-bond donors (Lipinski definition) is 1. The highest BCUT2D eigenvalue weighted by atomic mass is 16.5. The fourth-order valence-electron chi connectivity index (χ4n) is 2.30. The molecule has 0 saturated carbocycles. The molecule has 0 aliphatic rings. The normalized spacial score (nSPS) is 11.9. The third-order valence-corrected chi connectivity index (χ3v) is 3.43. The lowest BCUT2D eigenvalue weighted by molar-refractivity contribution is 0.304. The van der Waals surface area contributed by atoms with E-state index >= 15 is 0 Å². The van der Waals surface area contributed by atoms with Gasteiger partial charge in [-0.25, -0.2) is 4.98 Å². The molecule has 5 nitrogen and oxygen atoms in total. The van der Waals surface area contributed by atoms with Gasteiger partial charge < -0.3 is 10.1 Å². The van der Waals surface area contributed by atoms with Crippen molar-refractivity contribution in [3.05, 3.63) is 61.1 Å². The molecule has 1 atom stereocenters. The maximum Gasteiger partial charge on any atom is 0.126 e. The van der Waals surface area contributed by atoms with Crippen LogP contribution in [0.4, 0.5) is 5.82 Å². The lowest BCUT2D eigenvalue weighted by Gasteiger charge is -2.15. The molecular weight excluding hydrogens is 288 g/mol. The summed E-state index contributed by atoms with van der Waals surface area (Å²) in [7, 11) is 1.91. The third kappa shape index (κ3) is 4.10. The lowest BCUT2D eigenvalue weighted by atomic mass is 10.1. The molecule has 2 aromatic heterocycles. The van der Waals surface area contributed by atoms with E-state index in [1.807, 2.05) is 55.8 Å². The van der Waals surface area contributed by atoms with E-state index in [2.05, 4.69) is 28.4 Å². The minimum absolute atomic E-state index is 0.159. The van der Waals surface area contributed by atoms with Crippen LogP contribution in [0, 0.1) is 0 Å². The Morgan fingerprint density at radius 3 is 2.83 bits per heavy atom. The predicted molar refractivity (Wildman–Crippen MR) is 91.5 cm³/mol. The van der Waals surface area contributed by atoms with Crippen LogP contribution >= 0.6 is 0 Å². The highest BCUT2D eigenvalue weighted by molar-refractivity contribution is 5.63. The Morgan fingerprint density at radius 2 is 2.09 bits per heavy atom. The van der Waals surface area contributed by atoms with Crippen molar-refractivity contribution in [1.82, 2.24) is 14.8 Å². The molecule has 0 fully saturated rings. The van der Waals surface area contributed by atoms with Gasteiger partial charge in [-0.1, -0.05) is 18.2 Å². The summed E-state index contributed by atoms with van der Waals surface area (Å²) < 4.78 is 7.68. The first-order valence-electron chi connectivity index (χ1n) is 7.60. The smallest absolute Gasteiger partial charge is 0.126 e. The number of nitrogens with zero attached hydrogens (tertiary/aromatic N) is 3. The van der Waals surface area contributed by atoms with Gasteiger partial charge in [-0.3, -0.25) is 4.68 Å². The van der Waals surface area contributed by atoms with Gasteiger partial charge in [-0.15, -0.1) is 0 Å². The summed E-state index contributed by atoms with van der Waals surface area (Å²) in [5.74, 6) is 1.70. The molecule has 23 heavy (non-hydrogen) atoms. The molecule has 0 radical (unpaired) electrons. The average molecular weight is 308 g/mol. The van der Waals surface area contributed by atoms with Gasteiger partial charge in [-0.2, -0.15) is 5.10 Å². The molecule has 0 saturated heterocycles. The van der Waals surface area contributed by atoms with Gasteiger partial charge in [0.05, 0.1) is 12.2 Å². The zero-order chi connectivity index (χ0) is 16.1. The van der Waals surface area contributed by atoms with Gasteiger partial charge in [0.2, 0.25) is 0 Å². The van der Waals surface area contributed by atoms with Crippen LogP contribution in [-0.2, 0) is 7.05 Å². The minimum Gasteiger partial charge on any atom is -0.491 e. The first kappa shape index (κ1) is 15.1. The van der Waals surface area contributed by atoms with Crippen molar-refractivity contribution < 1.29 is 4.74 Å². The number of ether oxygens (including phenoxy) is 1. The summed E-state index contributed by atoms with van der Waals surface area (Å²) in [6.07, 6.45) is 5.61. The first-order valence-corrected chi connectivity index (χ1v) is 7.60. The monoisotopic (exact) mass is 308 g/mol. The van der Waals surface area contributed by atoms with Gasteiger partial charge in [-0.05, 0) is 36.8 Å². The Morgan fingerprint density at radius 1 is 1.17 bits per heavy atom. The fourth-order valence-corrected chi connectivity index (χ4v) is 2.30. The molecule has 5 heteroatoms. The number of benzene rings is 1. The maximum atomic E-state index is 5.89. The van der Waals surface area contributed by atoms with Gasteiger partial charge >= 0.3 is 0 Å². The highest BCUT2D eigenvalue weighted by Crippen LogP contribution is 2.23. The van der Waals surface area contributed by atoms with Gasteiger partial charge in [0.25, 0.3) is 0 Å². The molecule has 0 aliphatic heterocycles. The van der Waals surface area contributed by atoms with E-state index in [4.69, 9.17) is 4.74 Å². The van der Waals surface area contributed by atoms with Crippen LogP contribution in [-0.4, -0.2) is 27.4 Å². The van der Waals surface area contributed by atoms with Crippen LogP contribution in [0.3, 0.4) is 0 Å². The topological polar surface area (TPSA) is 52.0 Å². The second kappa shape index (κ2) is 6.96. The Balaban J connectivity index is 1.60. The number of aryl methyl sites for hydroxylation is 1. The van der Waals surface area contributed by atoms with Crippen LogP contribution in [0.1, 0.15) is 6.92 Å². The summed E-state index contributed by atoms with van der Waals surface area (Å²) in [5.41, 5.74) is 2.18. The summed E-state index contributed by atoms with van der Waals surface area (Å²) in [5, 5.41) is 7.51. The van der Waals surface area contributed by atoms with Crippen molar-refractivity contribution in [1.29, 1.82) is 0 Å². The van der Waals surface area contributed by atoms with E-state index < -0.39 is 0 Å². The molecule has 0 bridgehead atoms. The van der Waals surface area contributed by atoms with Gasteiger partial charge in [0, 0.05) is 25.0 Å². The number of anilines is 1. The number of pyridine rings is 1. The Hall–Kier alpha value is -2.82. The zero-order valence-electron chi connectivity index (χ0n) is 13.3. The summed E-state index contributed by atoms with van der Waals surface area (Å²) in [4.78, 5) is 4.25. The minimum atomic E-state index is 0.159. The summed E-state index contributed by atoms with van der Waals surface area (Å²) >= 11 is 0. The Bertz CT molecular complexity index is 754. The van der Waals surface area contributed by atoms with E-state index in [1.54, 1.807) is 10.9 Å². The van der Waals surface area contributed by atoms with Crippen molar-refractivity contribution in [2.45, 2.75) is 13.0 Å². The molecule has 3 aromatic rings. The number of hydrogen-bond acceptors (Lipinski definition) is 4. The molecular formula is C18H20N4O. The molecule has 0 aliphatic carbocycles. The van der Waals surface area contributed by atoms with Crippen LogP contribution in [0.25, 0.3) is 11.1 Å². The second-order valence-corrected chi connectivity index (χ2v) is 5.50. The standard InChI is InChI=1S/C18H20N4O/c1-14(21-18-8-3-4-9-19-18)13-23-17-7-5-6-15(10-17)16-11-20-22(2)12-16/h3-12,14H,13H2,1-2H3,(H,19,21). The van der Waals surface area contributed by atoms with Crippen molar-refractivity contribution in [3.63, 3.8) is 0 Å². The molecule has 3 rings (SSSR count). The second-order valence-electron chi connectivity index (χ2n) is 5.50. The van der Waals surface area contributed by atoms with Gasteiger partial charge in [0.15, 0.2) is 0 Å². The molecule has 1 unspecified atom stereocenters. The predicted octanol–water partition coefficient (Wildman–Crippen LogP) is 3.36. The molecule has 0 spiro atoms. The Labute approximate surface area is 135 Å². The van der Waals surface area contributed by atoms with Gasteiger partial charge in [0.1, 0.15) is 18.2 Å². The largest absolute Gasteiger partial charge is 0.491 e. The van der Waals surface area contributed by atoms with Crippen molar-refractivity contribution >= 4 is 5.82 Å². The molecule has 118 valence electrons. The number of aromatic nitrogens is 3. The van der Waals surface area contributed by atoms with Crippen LogP contribution < -0.4 is 10.1 Å². The third-order valence-electron chi connectivity index (χ3n) is 3.43. The molecule has 0 amide bonds. The van der Waals surface area contributed by atoms with Crippen molar-refractivity contribution in [2.24, 2.45) is 7.05 Å². The number of nitrogens with one attached hydrogen (secondary N) is 1. The maximum absolute atomic E-state index is 5.89. The van der Waals surface area contributed by atoms with Crippen LogP contribution in [0.5, 0.6) is 5.75 Å². The van der Waals surface area contributed by atoms with E-state index in [-0.39, 0.29) is 6.04 Å². The van der Waals surface area contributed by atoms with Crippen molar-refractivity contribution in [2.75, 3.05) is 11.9 Å². The van der Waals surface area contributed by atoms with Crippen molar-refractivity contribution in [3.8, 4) is 16.9 Å². The molecule has 1 N–H and O–H groups in total. The SMILES string of the molecule is CC(COc1cccc(-c2cnn(C)c2)c1)Nc1ccccn1. The highest BCUT2D eigenvalue weighted by Gasteiger charge is 2.06. The van der Waals surface area contributed by atoms with E-state index in [0.29, 0.717) is 6.61 Å². The fraction of sp³-hybridized carbons (Fsp3) is 0.222. The summed E-state index contributed by atoms with van der Waals surface area (Å²) in [6, 6.07) is 14.0. The first-order chi connectivity index (χ1) is 11.2. The van der Waals surface area contributed by atoms with E-state index in [0.717, 1.165) is 22.7 Å². The zero-order valence-corrected chi connectivity index (χ0v) is 13.3. The van der Waals surface area contributed by atoms with E-state index in [1.165, 1.54) is 0 Å². The van der Waals surface area contributed by atoms with Crippen LogP contribution in [0.2, 0.25) is 0 Å². The van der Waals surface area contributed by atoms with Crippen LogP contribution in [0.15, 0.2) is 61.1 Å². The molecule has 2 heterocycles. The molecule has 1 aromatic carbocycles. The summed E-state index contributed by atoms with van der Waals surface area (Å²) in [6.45, 7) is 2.63. The quantitative estimate of drug-likeness (QED) is 0.758. The van der Waals surface area contributed by atoms with E-state index in [9.17, 15) is 0 Å². The lowest BCUT2D eigenvalue weighted by Crippen LogP contribution is -2.23. The number of rotatable bonds is 6. The average Bonchev–Trinajstić information content (AvgIpc) is 3.01.